The lowest BCUT2D eigenvalue weighted by molar-refractivity contribution is -0.148. The second-order valence-corrected chi connectivity index (χ2v) is 6.79. The van der Waals surface area contributed by atoms with Gasteiger partial charge in [0.2, 0.25) is 0 Å². The molecule has 0 unspecified atom stereocenters. The molecule has 8 nitrogen and oxygen atoms in total. The van der Waals surface area contributed by atoms with Gasteiger partial charge in [0.25, 0.3) is 5.91 Å². The zero-order valence-electron chi connectivity index (χ0n) is 16.9. The first-order chi connectivity index (χ1) is 14.4. The Morgan fingerprint density at radius 2 is 1.60 bits per heavy atom. The van der Waals surface area contributed by atoms with Crippen LogP contribution in [0.25, 0.3) is 0 Å². The van der Waals surface area contributed by atoms with E-state index in [1.807, 2.05) is 13.0 Å². The van der Waals surface area contributed by atoms with E-state index >= 15 is 0 Å². The molecule has 1 aliphatic heterocycles. The Bertz CT molecular complexity index is 900. The molecule has 0 aromatic heterocycles. The van der Waals surface area contributed by atoms with Crippen LogP contribution >= 0.6 is 0 Å². The minimum absolute atomic E-state index is 0.00829. The number of hydrogen-bond acceptors (Lipinski definition) is 6. The van der Waals surface area contributed by atoms with Gasteiger partial charge in [-0.25, -0.2) is 4.79 Å². The van der Waals surface area contributed by atoms with Gasteiger partial charge < -0.3 is 19.5 Å². The summed E-state index contributed by atoms with van der Waals surface area (Å²) in [7, 11) is 0. The maximum Gasteiger partial charge on any atom is 0.326 e. The van der Waals surface area contributed by atoms with Crippen molar-refractivity contribution in [2.45, 2.75) is 19.4 Å². The summed E-state index contributed by atoms with van der Waals surface area (Å²) >= 11 is 0. The van der Waals surface area contributed by atoms with Gasteiger partial charge >= 0.3 is 12.0 Å². The van der Waals surface area contributed by atoms with Crippen LogP contribution < -0.4 is 14.8 Å². The average molecular weight is 412 g/mol. The van der Waals surface area contributed by atoms with Crippen molar-refractivity contribution in [1.82, 2.24) is 10.2 Å². The molecular formula is C22H24N2O6. The third-order valence-corrected chi connectivity index (χ3v) is 4.66. The lowest BCUT2D eigenvalue weighted by atomic mass is 9.92. The minimum Gasteiger partial charge on any atom is -0.494 e. The van der Waals surface area contributed by atoms with Crippen LogP contribution in [0.15, 0.2) is 54.6 Å². The molecular weight excluding hydrogens is 388 g/mol. The molecule has 0 saturated carbocycles. The van der Waals surface area contributed by atoms with Crippen LogP contribution in [0.1, 0.15) is 19.4 Å². The fourth-order valence-electron chi connectivity index (χ4n) is 3.10. The van der Waals surface area contributed by atoms with E-state index in [4.69, 9.17) is 14.2 Å². The summed E-state index contributed by atoms with van der Waals surface area (Å²) in [6.07, 6.45) is 0. The SMILES string of the molecule is CCOc1ccc(OCCOC(=O)CN2C(=O)N[C@](C)(c3ccccc3)C2=O)cc1. The number of nitrogens with one attached hydrogen (secondary N) is 1. The Labute approximate surface area is 174 Å². The summed E-state index contributed by atoms with van der Waals surface area (Å²) < 4.78 is 15.9. The van der Waals surface area contributed by atoms with Crippen molar-refractivity contribution in [2.75, 3.05) is 26.4 Å². The van der Waals surface area contributed by atoms with E-state index in [0.717, 1.165) is 10.6 Å². The summed E-state index contributed by atoms with van der Waals surface area (Å²) in [4.78, 5) is 38.0. The molecule has 1 atom stereocenters. The van der Waals surface area contributed by atoms with E-state index in [1.54, 1.807) is 55.5 Å². The molecule has 1 aliphatic rings. The zero-order valence-corrected chi connectivity index (χ0v) is 16.9. The number of rotatable bonds is 9. The predicted molar refractivity (Wildman–Crippen MR) is 108 cm³/mol. The van der Waals surface area contributed by atoms with Crippen molar-refractivity contribution >= 4 is 17.9 Å². The Kier molecular flexibility index (Phi) is 6.56. The number of hydrogen-bond donors (Lipinski definition) is 1. The van der Waals surface area contributed by atoms with Crippen LogP contribution in [0.3, 0.4) is 0 Å². The van der Waals surface area contributed by atoms with E-state index in [-0.39, 0.29) is 13.2 Å². The molecule has 0 radical (unpaired) electrons. The molecule has 3 amide bonds. The maximum atomic E-state index is 12.8. The molecule has 30 heavy (non-hydrogen) atoms. The third kappa shape index (κ3) is 4.71. The summed E-state index contributed by atoms with van der Waals surface area (Å²) in [6.45, 7) is 3.76. The lowest BCUT2D eigenvalue weighted by Crippen LogP contribution is -2.41. The van der Waals surface area contributed by atoms with Gasteiger partial charge in [0.1, 0.15) is 36.8 Å². The molecule has 0 bridgehead atoms. The molecule has 0 aliphatic carbocycles. The summed E-state index contributed by atoms with van der Waals surface area (Å²) in [5.74, 6) is 0.168. The molecule has 1 heterocycles. The molecule has 2 aromatic rings. The van der Waals surface area contributed by atoms with Crippen LogP contribution in [0.2, 0.25) is 0 Å². The van der Waals surface area contributed by atoms with Crippen LogP contribution in [0.4, 0.5) is 4.79 Å². The summed E-state index contributed by atoms with van der Waals surface area (Å²) in [5, 5.41) is 2.65. The smallest absolute Gasteiger partial charge is 0.326 e. The highest BCUT2D eigenvalue weighted by molar-refractivity contribution is 6.08. The standard InChI is InChI=1S/C22H24N2O6/c1-3-28-17-9-11-18(12-10-17)29-13-14-30-19(25)15-24-20(26)22(2,23-21(24)27)16-7-5-4-6-8-16/h4-12H,3,13-15H2,1-2H3,(H,23,27)/t22-/m1/s1. The second-order valence-electron chi connectivity index (χ2n) is 6.79. The molecule has 8 heteroatoms. The maximum absolute atomic E-state index is 12.8. The number of urea groups is 1. The van der Waals surface area contributed by atoms with Gasteiger partial charge in [-0.2, -0.15) is 0 Å². The number of esters is 1. The van der Waals surface area contributed by atoms with Crippen LogP contribution in [0.5, 0.6) is 11.5 Å². The predicted octanol–water partition coefficient (Wildman–Crippen LogP) is 2.47. The van der Waals surface area contributed by atoms with Gasteiger partial charge in [-0.05, 0) is 43.7 Å². The number of imide groups is 1. The first-order valence-electron chi connectivity index (χ1n) is 9.65. The highest BCUT2D eigenvalue weighted by Gasteiger charge is 2.49. The van der Waals surface area contributed by atoms with Gasteiger partial charge in [0.15, 0.2) is 0 Å². The Morgan fingerprint density at radius 1 is 0.967 bits per heavy atom. The van der Waals surface area contributed by atoms with Crippen molar-refractivity contribution in [2.24, 2.45) is 0 Å². The zero-order chi connectivity index (χ0) is 21.6. The summed E-state index contributed by atoms with van der Waals surface area (Å²) in [6, 6.07) is 15.3. The number of amides is 3. The van der Waals surface area contributed by atoms with Gasteiger partial charge in [-0.1, -0.05) is 30.3 Å². The number of ether oxygens (including phenoxy) is 3. The van der Waals surface area contributed by atoms with Crippen LogP contribution in [-0.2, 0) is 19.9 Å². The highest BCUT2D eigenvalue weighted by atomic mass is 16.6. The first kappa shape index (κ1) is 21.2. The molecule has 1 N–H and O–H groups in total. The molecule has 2 aromatic carbocycles. The third-order valence-electron chi connectivity index (χ3n) is 4.66. The summed E-state index contributed by atoms with van der Waals surface area (Å²) in [5.41, 5.74) is -0.571. The average Bonchev–Trinajstić information content (AvgIpc) is 2.97. The van der Waals surface area contributed by atoms with Crippen LogP contribution in [-0.4, -0.2) is 49.2 Å². The topological polar surface area (TPSA) is 94.2 Å². The van der Waals surface area contributed by atoms with Gasteiger partial charge in [0.05, 0.1) is 6.61 Å². The molecule has 3 rings (SSSR count). The number of benzene rings is 2. The van der Waals surface area contributed by atoms with E-state index in [9.17, 15) is 14.4 Å². The Morgan fingerprint density at radius 3 is 2.23 bits per heavy atom. The van der Waals surface area contributed by atoms with Gasteiger partial charge in [0, 0.05) is 0 Å². The first-order valence-corrected chi connectivity index (χ1v) is 9.65. The van der Waals surface area contributed by atoms with Crippen molar-refractivity contribution in [1.29, 1.82) is 0 Å². The van der Waals surface area contributed by atoms with Gasteiger partial charge in [-0.15, -0.1) is 0 Å². The second kappa shape index (κ2) is 9.30. The minimum atomic E-state index is -1.21. The van der Waals surface area contributed by atoms with Gasteiger partial charge in [-0.3, -0.25) is 14.5 Å². The largest absolute Gasteiger partial charge is 0.494 e. The highest BCUT2D eigenvalue weighted by Crippen LogP contribution is 2.28. The van der Waals surface area contributed by atoms with Crippen LogP contribution in [0, 0.1) is 0 Å². The van der Waals surface area contributed by atoms with E-state index in [1.165, 1.54) is 0 Å². The van der Waals surface area contributed by atoms with E-state index < -0.39 is 30.0 Å². The fourth-order valence-corrected chi connectivity index (χ4v) is 3.10. The molecule has 1 fully saturated rings. The molecule has 0 spiro atoms. The lowest BCUT2D eigenvalue weighted by Gasteiger charge is -2.21. The van der Waals surface area contributed by atoms with Crippen molar-refractivity contribution < 1.29 is 28.6 Å². The van der Waals surface area contributed by atoms with E-state index in [0.29, 0.717) is 17.9 Å². The van der Waals surface area contributed by atoms with E-state index in [2.05, 4.69) is 5.32 Å². The molecule has 158 valence electrons. The normalized spacial score (nSPS) is 18.1. The monoisotopic (exact) mass is 412 g/mol. The number of nitrogens with zero attached hydrogens (tertiary/aromatic N) is 1. The Balaban J connectivity index is 1.46. The number of carbonyl (C=O) groups is 3. The number of carbonyl (C=O) groups excluding carboxylic acids is 3. The molecule has 1 saturated heterocycles. The van der Waals surface area contributed by atoms with Crippen molar-refractivity contribution in [3.63, 3.8) is 0 Å². The van der Waals surface area contributed by atoms with Crippen molar-refractivity contribution in [3.05, 3.63) is 60.2 Å². The van der Waals surface area contributed by atoms with Crippen molar-refractivity contribution in [3.8, 4) is 11.5 Å². The fraction of sp³-hybridized carbons (Fsp3) is 0.318. The Hall–Kier alpha value is -3.55. The quantitative estimate of drug-likeness (QED) is 0.386.